The van der Waals surface area contributed by atoms with E-state index in [1.54, 1.807) is 6.07 Å². The van der Waals surface area contributed by atoms with Gasteiger partial charge in [-0.05, 0) is 55.2 Å². The quantitative estimate of drug-likeness (QED) is 0.124. The molecule has 15 heteroatoms. The number of hydrogen-bond donors (Lipinski definition) is 3. The van der Waals surface area contributed by atoms with Crippen molar-refractivity contribution in [2.24, 2.45) is 0 Å². The van der Waals surface area contributed by atoms with Crippen LogP contribution in [0.1, 0.15) is 55.8 Å². The van der Waals surface area contributed by atoms with Crippen LogP contribution >= 0.6 is 0 Å². The Balaban J connectivity index is 1.62. The summed E-state index contributed by atoms with van der Waals surface area (Å²) >= 11 is 0. The van der Waals surface area contributed by atoms with Gasteiger partial charge in [0.05, 0.1) is 29.6 Å². The average Bonchev–Trinajstić information content (AvgIpc) is 3.04. The molecule has 3 aliphatic rings. The first-order valence-corrected chi connectivity index (χ1v) is 18.2. The first-order chi connectivity index (χ1) is 22.3. The Morgan fingerprint density at radius 2 is 1.66 bits per heavy atom. The molecule has 0 aromatic heterocycles. The molecule has 3 aliphatic heterocycles. The van der Waals surface area contributed by atoms with Gasteiger partial charge in [-0.3, -0.25) is 8.74 Å². The standard InChI is InChI=1S/C32H32N2O11S2/c1-44-47(42,43)17-15-34-13-3-5-22-27(34)11-9-24-28(20-7-6-19(31(35)36)18-25(20)32(37)38)23-8-10-26-21(29(23)45-30(22)24)4-2-12-33(26)14-16-46(39,40)41/h6-11,18H,2-5,12-17H2,1H3,(H2-,35,36,37,38,39,40,41)/p+1. The summed E-state index contributed by atoms with van der Waals surface area (Å²) in [5, 5.41) is 21.2. The van der Waals surface area contributed by atoms with Crippen LogP contribution in [0.2, 0.25) is 0 Å². The molecule has 0 amide bonds. The Hall–Kier alpha value is -4.31. The predicted molar refractivity (Wildman–Crippen MR) is 171 cm³/mol. The maximum absolute atomic E-state index is 12.6. The summed E-state index contributed by atoms with van der Waals surface area (Å²) in [5.74, 6) is -2.26. The molecule has 248 valence electrons. The Kier molecular flexibility index (Phi) is 8.59. The van der Waals surface area contributed by atoms with Crippen molar-refractivity contribution in [3.05, 3.63) is 86.4 Å². The summed E-state index contributed by atoms with van der Waals surface area (Å²) in [7, 11) is -6.79. The van der Waals surface area contributed by atoms with E-state index < -0.39 is 37.9 Å². The number of carbonyl (C=O) groups is 2. The molecule has 0 saturated heterocycles. The molecule has 13 nitrogen and oxygen atoms in total. The lowest BCUT2D eigenvalue weighted by atomic mass is 9.85. The number of nitrogens with zero attached hydrogens (tertiary/aromatic N) is 2. The van der Waals surface area contributed by atoms with Gasteiger partial charge in [0.2, 0.25) is 5.36 Å². The summed E-state index contributed by atoms with van der Waals surface area (Å²) in [4.78, 5) is 26.2. The fourth-order valence-electron chi connectivity index (χ4n) is 6.68. The second kappa shape index (κ2) is 12.4. The smallest absolute Gasteiger partial charge is 0.336 e. The van der Waals surface area contributed by atoms with Crippen molar-refractivity contribution < 1.29 is 50.1 Å². The predicted octanol–water partition coefficient (Wildman–Crippen LogP) is 1.49. The van der Waals surface area contributed by atoms with Crippen molar-refractivity contribution in [3.8, 4) is 11.5 Å². The third-order valence-corrected chi connectivity index (χ3v) is 10.7. The van der Waals surface area contributed by atoms with Crippen molar-refractivity contribution in [2.45, 2.75) is 25.7 Å². The third kappa shape index (κ3) is 6.35. The van der Waals surface area contributed by atoms with Crippen LogP contribution in [0.3, 0.4) is 0 Å². The zero-order chi connectivity index (χ0) is 33.7. The molecule has 3 N–H and O–H groups in total. The first kappa shape index (κ1) is 32.6. The van der Waals surface area contributed by atoms with E-state index in [2.05, 4.69) is 4.18 Å². The van der Waals surface area contributed by atoms with Gasteiger partial charge in [0, 0.05) is 53.2 Å². The number of benzene rings is 3. The Bertz CT molecular complexity index is 2180. The molecule has 0 saturated carbocycles. The number of carboxylic acids is 2. The fraction of sp³-hybridized carbons (Fsp3) is 0.344. The molecule has 47 heavy (non-hydrogen) atoms. The maximum Gasteiger partial charge on any atom is 0.336 e. The van der Waals surface area contributed by atoms with Gasteiger partial charge < -0.3 is 19.8 Å². The normalized spacial score (nSPS) is 15.7. The van der Waals surface area contributed by atoms with Crippen molar-refractivity contribution in [1.29, 1.82) is 0 Å². The number of anilines is 1. The molecule has 3 aromatic rings. The first-order valence-electron chi connectivity index (χ1n) is 15.0. The second-order valence-electron chi connectivity index (χ2n) is 11.6. The van der Waals surface area contributed by atoms with Crippen LogP contribution in [0.4, 0.5) is 5.69 Å². The molecule has 0 fully saturated rings. The van der Waals surface area contributed by atoms with E-state index >= 15 is 0 Å². The number of hydrogen-bond acceptors (Lipinski definition) is 9. The monoisotopic (exact) mass is 685 g/mol. The summed E-state index contributed by atoms with van der Waals surface area (Å²) in [5.41, 5.74) is 3.41. The lowest BCUT2D eigenvalue weighted by molar-refractivity contribution is 0.0695. The average molecular weight is 686 g/mol. The van der Waals surface area contributed by atoms with Crippen LogP contribution in [-0.4, -0.2) is 88.3 Å². The minimum atomic E-state index is -4.21. The topological polar surface area (TPSA) is 188 Å². The van der Waals surface area contributed by atoms with E-state index in [0.717, 1.165) is 35.3 Å². The summed E-state index contributed by atoms with van der Waals surface area (Å²) in [6.07, 6.45) is 2.56. The maximum atomic E-state index is 12.6. The van der Waals surface area contributed by atoms with E-state index in [9.17, 15) is 41.2 Å². The molecular formula is C32H33N2O11S2+. The van der Waals surface area contributed by atoms with Crippen molar-refractivity contribution in [3.63, 3.8) is 0 Å². The molecule has 0 radical (unpaired) electrons. The van der Waals surface area contributed by atoms with Crippen molar-refractivity contribution >= 4 is 43.4 Å². The third-order valence-electron chi connectivity index (χ3n) is 8.86. The number of carboxylic acid groups (broad SMARTS) is 2. The van der Waals surface area contributed by atoms with Gasteiger partial charge in [0.25, 0.3) is 20.2 Å². The SMILES string of the molecule is COS(=O)(=O)CC[N+]1=c2ccc3c(c2CCC1)Oc1c(ccc2c1CCCN2CCS(=O)(=O)O)C=3c1ccc(C(=O)O)cc1C(=O)O. The van der Waals surface area contributed by atoms with Crippen molar-refractivity contribution in [2.75, 3.05) is 49.7 Å². The number of ether oxygens (including phenoxy) is 1. The summed E-state index contributed by atoms with van der Waals surface area (Å²) in [6.45, 7) is 1.42. The molecule has 3 aromatic carbocycles. The zero-order valence-electron chi connectivity index (χ0n) is 25.4. The zero-order valence-corrected chi connectivity index (χ0v) is 27.1. The minimum absolute atomic E-state index is 0.0618. The summed E-state index contributed by atoms with van der Waals surface area (Å²) in [6, 6.07) is 11.3. The highest BCUT2D eigenvalue weighted by Gasteiger charge is 2.33. The second-order valence-corrected chi connectivity index (χ2v) is 15.1. The van der Waals surface area contributed by atoms with Gasteiger partial charge in [-0.15, -0.1) is 0 Å². The molecule has 0 atom stereocenters. The van der Waals surface area contributed by atoms with E-state index in [-0.39, 0.29) is 30.0 Å². The summed E-state index contributed by atoms with van der Waals surface area (Å²) < 4.78 is 70.2. The Morgan fingerprint density at radius 1 is 0.915 bits per heavy atom. The van der Waals surface area contributed by atoms with E-state index in [1.165, 1.54) is 12.1 Å². The van der Waals surface area contributed by atoms with Gasteiger partial charge in [-0.25, -0.2) is 14.2 Å². The largest absolute Gasteiger partial charge is 0.478 e. The highest BCUT2D eigenvalue weighted by molar-refractivity contribution is 7.86. The number of aromatic carboxylic acids is 2. The highest BCUT2D eigenvalue weighted by atomic mass is 32.2. The minimum Gasteiger partial charge on any atom is -0.478 e. The Labute approximate surface area is 270 Å². The van der Waals surface area contributed by atoms with Gasteiger partial charge in [-0.2, -0.15) is 16.8 Å². The molecule has 3 heterocycles. The molecule has 0 unspecified atom stereocenters. The number of rotatable bonds is 10. The fourth-order valence-corrected chi connectivity index (χ4v) is 7.74. The van der Waals surface area contributed by atoms with E-state index in [0.29, 0.717) is 72.2 Å². The molecule has 0 aliphatic carbocycles. The van der Waals surface area contributed by atoms with Crippen LogP contribution in [0, 0.1) is 0 Å². The van der Waals surface area contributed by atoms with Gasteiger partial charge in [-0.1, -0.05) is 6.07 Å². The van der Waals surface area contributed by atoms with Crippen LogP contribution in [0.25, 0.3) is 5.57 Å². The van der Waals surface area contributed by atoms with Crippen LogP contribution < -0.4 is 24.8 Å². The lowest BCUT2D eigenvalue weighted by Gasteiger charge is -2.34. The van der Waals surface area contributed by atoms with Crippen LogP contribution in [0.15, 0.2) is 42.5 Å². The Morgan fingerprint density at radius 3 is 2.36 bits per heavy atom. The van der Waals surface area contributed by atoms with Gasteiger partial charge in [0.15, 0.2) is 6.54 Å². The number of fused-ring (bicyclic) bond motifs is 6. The van der Waals surface area contributed by atoms with Gasteiger partial charge >= 0.3 is 11.9 Å². The van der Waals surface area contributed by atoms with E-state index in [4.69, 9.17) is 4.74 Å². The highest BCUT2D eigenvalue weighted by Crippen LogP contribution is 2.45. The molecular weight excluding hydrogens is 652 g/mol. The molecule has 0 bridgehead atoms. The molecule has 0 spiro atoms. The molecule has 6 rings (SSSR count). The van der Waals surface area contributed by atoms with Crippen molar-refractivity contribution in [1.82, 2.24) is 4.58 Å². The van der Waals surface area contributed by atoms with Crippen LogP contribution in [0.5, 0.6) is 11.5 Å². The van der Waals surface area contributed by atoms with E-state index in [1.807, 2.05) is 27.7 Å². The van der Waals surface area contributed by atoms with Crippen LogP contribution in [-0.2, 0) is 37.3 Å². The van der Waals surface area contributed by atoms with Gasteiger partial charge in [0.1, 0.15) is 23.8 Å². The lowest BCUT2D eigenvalue weighted by Crippen LogP contribution is -2.42.